The first-order valence-electron chi connectivity index (χ1n) is 7.12. The van der Waals surface area contributed by atoms with Crippen LogP contribution in [0.15, 0.2) is 53.9 Å². The molecule has 0 fully saturated rings. The van der Waals surface area contributed by atoms with Crippen molar-refractivity contribution in [2.24, 2.45) is 0 Å². The van der Waals surface area contributed by atoms with Gasteiger partial charge in [-0.1, -0.05) is 18.2 Å². The van der Waals surface area contributed by atoms with Crippen LogP contribution in [0.2, 0.25) is 0 Å². The number of methoxy groups -OCH3 is 1. The molecule has 0 aliphatic heterocycles. The van der Waals surface area contributed by atoms with Crippen LogP contribution >= 0.6 is 0 Å². The van der Waals surface area contributed by atoms with Gasteiger partial charge in [0.05, 0.1) is 25.2 Å². The average Bonchev–Trinajstić information content (AvgIpc) is 3.13. The quantitative estimate of drug-likeness (QED) is 0.467. The zero-order chi connectivity index (χ0) is 18.2. The molecule has 2 aromatic rings. The van der Waals surface area contributed by atoms with Crippen molar-refractivity contribution in [3.8, 4) is 12.1 Å². The van der Waals surface area contributed by atoms with Crippen LogP contribution in [0.4, 0.5) is 5.69 Å². The number of ether oxygens (including phenoxy) is 1. The number of likely N-dealkylation sites (N-methyl/N-ethyl adjacent to an activating group) is 1. The molecule has 0 atom stereocenters. The molecule has 1 aromatic carbocycles. The standard InChI is InChI=1S/C17H14N6O2/c1-22(14-6-4-3-5-7-14)16(13(10-18)11-19)8-9-23-20-12-15(21-23)17(24)25-2/h3-9,12H,1-2H3/b9-8+. The van der Waals surface area contributed by atoms with Crippen LogP contribution in [0, 0.1) is 22.7 Å². The molecule has 1 aromatic heterocycles. The van der Waals surface area contributed by atoms with Crippen molar-refractivity contribution in [1.82, 2.24) is 15.0 Å². The van der Waals surface area contributed by atoms with E-state index in [1.54, 1.807) is 11.9 Å². The van der Waals surface area contributed by atoms with Crippen LogP contribution in [-0.4, -0.2) is 35.1 Å². The van der Waals surface area contributed by atoms with E-state index in [4.69, 9.17) is 0 Å². The zero-order valence-electron chi connectivity index (χ0n) is 13.6. The average molecular weight is 334 g/mol. The van der Waals surface area contributed by atoms with Crippen molar-refractivity contribution in [2.75, 3.05) is 19.1 Å². The third-order valence-corrected chi connectivity index (χ3v) is 3.25. The van der Waals surface area contributed by atoms with Gasteiger partial charge >= 0.3 is 5.97 Å². The van der Waals surface area contributed by atoms with E-state index in [9.17, 15) is 15.3 Å². The molecule has 0 radical (unpaired) electrons. The lowest BCUT2D eigenvalue weighted by Crippen LogP contribution is -2.17. The van der Waals surface area contributed by atoms with Gasteiger partial charge in [-0.2, -0.15) is 20.4 Å². The minimum atomic E-state index is -0.605. The number of para-hydroxylation sites is 1. The maximum absolute atomic E-state index is 11.4. The molecular formula is C17H14N6O2. The normalized spacial score (nSPS) is 9.92. The maximum atomic E-state index is 11.4. The highest BCUT2D eigenvalue weighted by Crippen LogP contribution is 2.20. The molecule has 0 bridgehead atoms. The summed E-state index contributed by atoms with van der Waals surface area (Å²) in [5, 5.41) is 26.3. The lowest BCUT2D eigenvalue weighted by molar-refractivity contribution is 0.0593. The van der Waals surface area contributed by atoms with Gasteiger partial charge in [-0.3, -0.25) is 0 Å². The van der Waals surface area contributed by atoms with E-state index in [1.807, 2.05) is 42.5 Å². The van der Waals surface area contributed by atoms with Crippen LogP contribution in [0.25, 0.3) is 6.20 Å². The molecule has 0 N–H and O–H groups in total. The number of anilines is 1. The highest BCUT2D eigenvalue weighted by Gasteiger charge is 2.12. The van der Waals surface area contributed by atoms with E-state index in [-0.39, 0.29) is 11.3 Å². The van der Waals surface area contributed by atoms with Gasteiger partial charge in [-0.25, -0.2) is 4.79 Å². The Morgan fingerprint density at radius 1 is 1.28 bits per heavy atom. The zero-order valence-corrected chi connectivity index (χ0v) is 13.6. The molecular weight excluding hydrogens is 320 g/mol. The van der Waals surface area contributed by atoms with Crippen molar-refractivity contribution < 1.29 is 9.53 Å². The fourth-order valence-corrected chi connectivity index (χ4v) is 1.98. The second kappa shape index (κ2) is 8.09. The van der Waals surface area contributed by atoms with Crippen molar-refractivity contribution >= 4 is 17.9 Å². The maximum Gasteiger partial charge on any atom is 0.360 e. The van der Waals surface area contributed by atoms with Crippen LogP contribution in [0.1, 0.15) is 10.5 Å². The van der Waals surface area contributed by atoms with Crippen LogP contribution in [-0.2, 0) is 4.74 Å². The summed E-state index contributed by atoms with van der Waals surface area (Å²) in [6, 6.07) is 13.0. The van der Waals surface area contributed by atoms with Gasteiger partial charge in [0, 0.05) is 12.7 Å². The van der Waals surface area contributed by atoms with E-state index in [2.05, 4.69) is 14.9 Å². The van der Waals surface area contributed by atoms with Crippen LogP contribution < -0.4 is 4.90 Å². The molecule has 8 heteroatoms. The lowest BCUT2D eigenvalue weighted by atomic mass is 10.2. The topological polar surface area (TPSA) is 108 Å². The Hall–Kier alpha value is -3.91. The first-order chi connectivity index (χ1) is 12.1. The van der Waals surface area contributed by atoms with Crippen LogP contribution in [0.5, 0.6) is 0 Å². The first kappa shape index (κ1) is 17.4. The summed E-state index contributed by atoms with van der Waals surface area (Å²) in [5.74, 6) is -0.605. The molecule has 0 unspecified atom stereocenters. The predicted molar refractivity (Wildman–Crippen MR) is 89.8 cm³/mol. The second-order valence-corrected chi connectivity index (χ2v) is 4.74. The fourth-order valence-electron chi connectivity index (χ4n) is 1.98. The SMILES string of the molecule is COC(=O)c1cnn(/C=C/C(=C(C#N)C#N)N(C)c2ccccc2)n1. The second-order valence-electron chi connectivity index (χ2n) is 4.74. The molecule has 0 saturated carbocycles. The largest absolute Gasteiger partial charge is 0.464 e. The Labute approximate surface area is 144 Å². The number of hydrogen-bond acceptors (Lipinski definition) is 7. The number of allylic oxidation sites excluding steroid dienone is 2. The Kier molecular flexibility index (Phi) is 5.64. The summed E-state index contributed by atoms with van der Waals surface area (Å²) in [6.07, 6.45) is 4.22. The summed E-state index contributed by atoms with van der Waals surface area (Å²) < 4.78 is 4.56. The molecule has 124 valence electrons. The summed E-state index contributed by atoms with van der Waals surface area (Å²) in [7, 11) is 2.99. The molecule has 0 spiro atoms. The molecule has 1 heterocycles. The number of carbonyl (C=O) groups is 1. The summed E-state index contributed by atoms with van der Waals surface area (Å²) >= 11 is 0. The van der Waals surface area contributed by atoms with Gasteiger partial charge in [-0.05, 0) is 18.2 Å². The molecule has 0 aliphatic carbocycles. The van der Waals surface area contributed by atoms with Crippen molar-refractivity contribution in [2.45, 2.75) is 0 Å². The van der Waals surface area contributed by atoms with Gasteiger partial charge in [0.25, 0.3) is 0 Å². The molecule has 0 saturated heterocycles. The van der Waals surface area contributed by atoms with Gasteiger partial charge < -0.3 is 9.64 Å². The van der Waals surface area contributed by atoms with E-state index < -0.39 is 5.97 Å². The number of esters is 1. The third kappa shape index (κ3) is 4.09. The van der Waals surface area contributed by atoms with E-state index in [0.717, 1.165) is 10.5 Å². The number of nitrogens with zero attached hydrogens (tertiary/aromatic N) is 6. The van der Waals surface area contributed by atoms with Gasteiger partial charge in [0.15, 0.2) is 11.3 Å². The van der Waals surface area contributed by atoms with Crippen molar-refractivity contribution in [3.63, 3.8) is 0 Å². The minimum absolute atomic E-state index is 0.0508. The van der Waals surface area contributed by atoms with Crippen molar-refractivity contribution in [1.29, 1.82) is 10.5 Å². The Morgan fingerprint density at radius 3 is 2.56 bits per heavy atom. The number of rotatable bonds is 5. The minimum Gasteiger partial charge on any atom is -0.464 e. The van der Waals surface area contributed by atoms with Gasteiger partial charge in [0.1, 0.15) is 12.1 Å². The van der Waals surface area contributed by atoms with Gasteiger partial charge in [0.2, 0.25) is 0 Å². The summed E-state index contributed by atoms with van der Waals surface area (Å²) in [5.41, 5.74) is 1.15. The molecule has 8 nitrogen and oxygen atoms in total. The number of hydrogen-bond donors (Lipinski definition) is 0. The first-order valence-corrected chi connectivity index (χ1v) is 7.12. The highest BCUT2D eigenvalue weighted by atomic mass is 16.5. The number of carbonyl (C=O) groups excluding carboxylic acids is 1. The Morgan fingerprint density at radius 2 is 1.96 bits per heavy atom. The van der Waals surface area contributed by atoms with E-state index in [0.29, 0.717) is 5.70 Å². The Bertz CT molecular complexity index is 883. The van der Waals surface area contributed by atoms with Gasteiger partial charge in [-0.15, -0.1) is 5.10 Å². The lowest BCUT2D eigenvalue weighted by Gasteiger charge is -2.20. The third-order valence-electron chi connectivity index (χ3n) is 3.25. The number of nitriles is 2. The molecule has 0 aliphatic rings. The summed E-state index contributed by atoms with van der Waals surface area (Å²) in [6.45, 7) is 0. The molecule has 0 amide bonds. The fraction of sp³-hybridized carbons (Fsp3) is 0.118. The van der Waals surface area contributed by atoms with E-state index >= 15 is 0 Å². The monoisotopic (exact) mass is 334 g/mol. The summed E-state index contributed by atoms with van der Waals surface area (Å²) in [4.78, 5) is 14.2. The highest BCUT2D eigenvalue weighted by molar-refractivity contribution is 5.86. The Balaban J connectivity index is 2.37. The van der Waals surface area contributed by atoms with E-state index in [1.165, 1.54) is 25.6 Å². The molecule has 25 heavy (non-hydrogen) atoms. The predicted octanol–water partition coefficient (Wildman–Crippen LogP) is 1.97. The number of benzene rings is 1. The van der Waals surface area contributed by atoms with Crippen LogP contribution in [0.3, 0.4) is 0 Å². The van der Waals surface area contributed by atoms with Crippen molar-refractivity contribution in [3.05, 3.63) is 59.6 Å². The smallest absolute Gasteiger partial charge is 0.360 e. The number of aromatic nitrogens is 3. The molecule has 2 rings (SSSR count).